The molecule has 0 radical (unpaired) electrons. The van der Waals surface area contributed by atoms with Crippen LogP contribution in [-0.4, -0.2) is 34.9 Å². The van der Waals surface area contributed by atoms with Crippen LogP contribution in [0.4, 0.5) is 11.6 Å². The lowest BCUT2D eigenvalue weighted by Gasteiger charge is -2.34. The van der Waals surface area contributed by atoms with Gasteiger partial charge in [0.25, 0.3) is 0 Å². The third-order valence-electron chi connectivity index (χ3n) is 4.88. The van der Waals surface area contributed by atoms with Crippen LogP contribution in [0.5, 0.6) is 11.5 Å². The van der Waals surface area contributed by atoms with Crippen molar-refractivity contribution in [3.05, 3.63) is 72.7 Å². The summed E-state index contributed by atoms with van der Waals surface area (Å²) in [6, 6.07) is 14.4. The molecule has 1 aliphatic heterocycles. The Morgan fingerprint density at radius 1 is 1.17 bits per heavy atom. The number of rotatable bonds is 5. The number of nitrogens with one attached hydrogen (secondary N) is 2. The van der Waals surface area contributed by atoms with Gasteiger partial charge in [-0.2, -0.15) is 10.1 Å². The minimum absolute atomic E-state index is 0.235. The highest BCUT2D eigenvalue weighted by molar-refractivity contribution is 5.97. The van der Waals surface area contributed by atoms with Gasteiger partial charge in [0.15, 0.2) is 0 Å². The second kappa shape index (κ2) is 7.67. The van der Waals surface area contributed by atoms with Gasteiger partial charge in [-0.15, -0.1) is 0 Å². The fourth-order valence-electron chi connectivity index (χ4n) is 3.52. The van der Waals surface area contributed by atoms with Crippen molar-refractivity contribution in [3.63, 3.8) is 0 Å². The lowest BCUT2D eigenvalue weighted by Crippen LogP contribution is -2.39. The Balaban J connectivity index is 1.75. The molecule has 29 heavy (non-hydrogen) atoms. The van der Waals surface area contributed by atoms with Crippen LogP contribution in [0.2, 0.25) is 0 Å². The average Bonchev–Trinajstić information content (AvgIpc) is 3.21. The summed E-state index contributed by atoms with van der Waals surface area (Å²) in [5.74, 6) is 0.929. The second-order valence-electron chi connectivity index (χ2n) is 6.57. The zero-order chi connectivity index (χ0) is 20.4. The summed E-state index contributed by atoms with van der Waals surface area (Å²) in [6.45, 7) is 4.08. The minimum Gasteiger partial charge on any atom is -0.497 e. The van der Waals surface area contributed by atoms with E-state index < -0.39 is 12.0 Å². The van der Waals surface area contributed by atoms with Crippen molar-refractivity contribution in [1.29, 1.82) is 0 Å². The number of ether oxygens (including phenoxy) is 2. The molecule has 1 aliphatic rings. The largest absolute Gasteiger partial charge is 0.497 e. The summed E-state index contributed by atoms with van der Waals surface area (Å²) in [5.41, 5.74) is 1.98. The molecule has 3 aromatic rings. The summed E-state index contributed by atoms with van der Waals surface area (Å²) in [4.78, 5) is 17.6. The summed E-state index contributed by atoms with van der Waals surface area (Å²) in [7, 11) is 3.17. The first kappa shape index (κ1) is 18.5. The van der Waals surface area contributed by atoms with E-state index in [4.69, 9.17) is 9.47 Å². The molecule has 0 unspecified atom stereocenters. The molecule has 0 aliphatic carbocycles. The molecule has 148 valence electrons. The van der Waals surface area contributed by atoms with Crippen LogP contribution in [-0.2, 0) is 4.79 Å². The van der Waals surface area contributed by atoms with Crippen molar-refractivity contribution < 1.29 is 14.3 Å². The topological polar surface area (TPSA) is 90.3 Å². The molecule has 0 saturated carbocycles. The van der Waals surface area contributed by atoms with E-state index in [0.29, 0.717) is 28.8 Å². The van der Waals surface area contributed by atoms with Crippen LogP contribution in [0.3, 0.4) is 0 Å². The van der Waals surface area contributed by atoms with Gasteiger partial charge in [0.05, 0.1) is 25.9 Å². The van der Waals surface area contributed by atoms with E-state index in [0.717, 1.165) is 5.56 Å². The second-order valence-corrected chi connectivity index (χ2v) is 6.57. The third kappa shape index (κ3) is 3.40. The molecular weight excluding hydrogens is 370 g/mol. The fraction of sp³-hybridized carbons (Fsp3) is 0.190. The number of nitrogens with zero attached hydrogens (tertiary/aromatic N) is 3. The number of benzene rings is 2. The van der Waals surface area contributed by atoms with Crippen molar-refractivity contribution in [1.82, 2.24) is 14.8 Å². The molecule has 2 heterocycles. The summed E-state index contributed by atoms with van der Waals surface area (Å²) in [5, 5.41) is 10.4. The molecule has 0 spiro atoms. The SMILES string of the molecule is C=C1Nc2ncnn2[C@H](c2cccc(OC)c2)[C@H]1C(=O)Nc1ccccc1OC. The summed E-state index contributed by atoms with van der Waals surface area (Å²) >= 11 is 0. The van der Waals surface area contributed by atoms with Gasteiger partial charge < -0.3 is 20.1 Å². The molecule has 0 saturated heterocycles. The van der Waals surface area contributed by atoms with Gasteiger partial charge in [0, 0.05) is 5.70 Å². The van der Waals surface area contributed by atoms with E-state index in [9.17, 15) is 4.79 Å². The number of aromatic nitrogens is 3. The number of fused-ring (bicyclic) bond motifs is 1. The van der Waals surface area contributed by atoms with Gasteiger partial charge in [0.1, 0.15) is 23.7 Å². The molecule has 1 amide bonds. The number of hydrogen-bond acceptors (Lipinski definition) is 6. The first-order valence-corrected chi connectivity index (χ1v) is 9.05. The molecule has 2 aromatic carbocycles. The average molecular weight is 391 g/mol. The number of anilines is 2. The van der Waals surface area contributed by atoms with E-state index in [1.54, 1.807) is 31.0 Å². The Labute approximate surface area is 168 Å². The number of hydrogen-bond donors (Lipinski definition) is 2. The van der Waals surface area contributed by atoms with Gasteiger partial charge >= 0.3 is 0 Å². The van der Waals surface area contributed by atoms with Crippen LogP contribution in [0.25, 0.3) is 0 Å². The molecular formula is C21H21N5O3. The lowest BCUT2D eigenvalue weighted by molar-refractivity contribution is -0.119. The zero-order valence-electron chi connectivity index (χ0n) is 16.1. The number of carbonyl (C=O) groups is 1. The van der Waals surface area contributed by atoms with E-state index in [-0.39, 0.29) is 5.91 Å². The molecule has 0 fully saturated rings. The number of amides is 1. The van der Waals surface area contributed by atoms with Crippen LogP contribution >= 0.6 is 0 Å². The van der Waals surface area contributed by atoms with Crippen molar-refractivity contribution in [2.45, 2.75) is 6.04 Å². The Kier molecular flexibility index (Phi) is 4.90. The van der Waals surface area contributed by atoms with Crippen molar-refractivity contribution >= 4 is 17.5 Å². The van der Waals surface area contributed by atoms with Gasteiger partial charge in [-0.1, -0.05) is 30.8 Å². The van der Waals surface area contributed by atoms with Crippen molar-refractivity contribution in [2.75, 3.05) is 24.9 Å². The Bertz CT molecular complexity index is 1060. The van der Waals surface area contributed by atoms with Crippen LogP contribution in [0.15, 0.2) is 67.1 Å². The van der Waals surface area contributed by atoms with E-state index in [2.05, 4.69) is 27.3 Å². The smallest absolute Gasteiger partial charge is 0.236 e. The normalized spacial score (nSPS) is 17.8. The fourth-order valence-corrected chi connectivity index (χ4v) is 3.52. The first-order chi connectivity index (χ1) is 14.1. The predicted octanol–water partition coefficient (Wildman–Crippen LogP) is 3.08. The molecule has 2 N–H and O–H groups in total. The molecule has 4 rings (SSSR count). The third-order valence-corrected chi connectivity index (χ3v) is 4.88. The Morgan fingerprint density at radius 2 is 2.00 bits per heavy atom. The maximum atomic E-state index is 13.4. The number of para-hydroxylation sites is 2. The molecule has 0 bridgehead atoms. The van der Waals surface area contributed by atoms with Crippen LogP contribution < -0.4 is 20.1 Å². The standard InChI is InChI=1S/C21H21N5O3/c1-13-18(20(27)25-16-9-4-5-10-17(16)29-3)19(26-21(24-13)22-12-23-26)14-7-6-8-15(11-14)28-2/h4-12,18-19H,1H2,2-3H3,(H,25,27)(H,22,23,24)/t18-,19+/m0/s1. The summed E-state index contributed by atoms with van der Waals surface area (Å²) < 4.78 is 12.4. The Hall–Kier alpha value is -3.81. The van der Waals surface area contributed by atoms with E-state index in [1.807, 2.05) is 36.4 Å². The first-order valence-electron chi connectivity index (χ1n) is 9.05. The summed E-state index contributed by atoms with van der Waals surface area (Å²) in [6.07, 6.45) is 1.45. The van der Waals surface area contributed by atoms with Crippen molar-refractivity contribution in [3.8, 4) is 11.5 Å². The number of methoxy groups -OCH3 is 2. The van der Waals surface area contributed by atoms with Crippen LogP contribution in [0.1, 0.15) is 11.6 Å². The van der Waals surface area contributed by atoms with E-state index in [1.165, 1.54) is 6.33 Å². The van der Waals surface area contributed by atoms with Crippen molar-refractivity contribution in [2.24, 2.45) is 5.92 Å². The van der Waals surface area contributed by atoms with Gasteiger partial charge in [-0.3, -0.25) is 4.79 Å². The zero-order valence-corrected chi connectivity index (χ0v) is 16.1. The molecule has 8 nitrogen and oxygen atoms in total. The lowest BCUT2D eigenvalue weighted by atomic mass is 9.88. The minimum atomic E-state index is -0.638. The highest BCUT2D eigenvalue weighted by Crippen LogP contribution is 2.39. The van der Waals surface area contributed by atoms with E-state index >= 15 is 0 Å². The van der Waals surface area contributed by atoms with Gasteiger partial charge in [-0.05, 0) is 29.8 Å². The number of carbonyl (C=O) groups excluding carboxylic acids is 1. The maximum Gasteiger partial charge on any atom is 0.236 e. The quantitative estimate of drug-likeness (QED) is 0.695. The monoisotopic (exact) mass is 391 g/mol. The van der Waals surface area contributed by atoms with Crippen LogP contribution in [0, 0.1) is 5.92 Å². The maximum absolute atomic E-state index is 13.4. The molecule has 2 atom stereocenters. The predicted molar refractivity (Wildman–Crippen MR) is 109 cm³/mol. The highest BCUT2D eigenvalue weighted by Gasteiger charge is 2.39. The van der Waals surface area contributed by atoms with Gasteiger partial charge in [-0.25, -0.2) is 4.68 Å². The molecule has 1 aromatic heterocycles. The highest BCUT2D eigenvalue weighted by atomic mass is 16.5. The Morgan fingerprint density at radius 3 is 2.79 bits per heavy atom. The van der Waals surface area contributed by atoms with Gasteiger partial charge in [0.2, 0.25) is 11.9 Å². The molecule has 8 heteroatoms.